The maximum atomic E-state index is 12.6. The highest BCUT2D eigenvalue weighted by Gasteiger charge is 2.33. The van der Waals surface area contributed by atoms with Gasteiger partial charge in [-0.3, -0.25) is 9.69 Å². The summed E-state index contributed by atoms with van der Waals surface area (Å²) in [6, 6.07) is 14.2. The molecule has 1 fully saturated rings. The number of phenolic OH excluding ortho intramolecular Hbond substituents is 1. The molecule has 1 amide bonds. The van der Waals surface area contributed by atoms with E-state index in [1.165, 1.54) is 29.8 Å². The molecule has 0 aliphatic carbocycles. The fourth-order valence-corrected chi connectivity index (χ4v) is 3.50. The molecule has 1 heterocycles. The Kier molecular flexibility index (Phi) is 4.36. The number of rotatable bonds is 3. The Morgan fingerprint density at radius 3 is 2.65 bits per heavy atom. The Hall–Kier alpha value is -2.31. The van der Waals surface area contributed by atoms with Gasteiger partial charge in [-0.1, -0.05) is 48.2 Å². The van der Waals surface area contributed by atoms with Crippen molar-refractivity contribution in [1.82, 2.24) is 0 Å². The van der Waals surface area contributed by atoms with Gasteiger partial charge in [0.25, 0.3) is 5.91 Å². The molecular weight excluding hydrogens is 330 g/mol. The first kappa shape index (κ1) is 15.6. The summed E-state index contributed by atoms with van der Waals surface area (Å²) in [5, 5.41) is 9.63. The first-order chi connectivity index (χ1) is 11.1. The largest absolute Gasteiger partial charge is 0.504 e. The fourth-order valence-electron chi connectivity index (χ4n) is 2.20. The van der Waals surface area contributed by atoms with Gasteiger partial charge in [0.15, 0.2) is 15.8 Å². The molecule has 0 saturated carbocycles. The van der Waals surface area contributed by atoms with Crippen molar-refractivity contribution in [2.24, 2.45) is 0 Å². The molecule has 23 heavy (non-hydrogen) atoms. The van der Waals surface area contributed by atoms with E-state index in [0.717, 1.165) is 11.3 Å². The van der Waals surface area contributed by atoms with Crippen molar-refractivity contribution in [3.8, 4) is 11.5 Å². The molecule has 0 atom stereocenters. The van der Waals surface area contributed by atoms with E-state index in [1.807, 2.05) is 30.3 Å². The van der Waals surface area contributed by atoms with Gasteiger partial charge in [-0.05, 0) is 35.9 Å². The summed E-state index contributed by atoms with van der Waals surface area (Å²) in [7, 11) is 1.48. The lowest BCUT2D eigenvalue weighted by Crippen LogP contribution is -2.27. The number of benzene rings is 2. The first-order valence-electron chi connectivity index (χ1n) is 6.80. The Morgan fingerprint density at radius 1 is 1.22 bits per heavy atom. The third-order valence-electron chi connectivity index (χ3n) is 3.31. The highest BCUT2D eigenvalue weighted by atomic mass is 32.2. The zero-order valence-electron chi connectivity index (χ0n) is 12.2. The summed E-state index contributed by atoms with van der Waals surface area (Å²) >= 11 is 6.58. The maximum absolute atomic E-state index is 12.6. The number of anilines is 1. The van der Waals surface area contributed by atoms with Crippen molar-refractivity contribution in [3.05, 3.63) is 59.0 Å². The Labute approximate surface area is 143 Å². The molecule has 116 valence electrons. The lowest BCUT2D eigenvalue weighted by Gasteiger charge is -2.13. The first-order valence-corrected chi connectivity index (χ1v) is 8.02. The fraction of sp³-hybridized carbons (Fsp3) is 0.0588. The second-order valence-corrected chi connectivity index (χ2v) is 6.46. The molecule has 1 N–H and O–H groups in total. The number of hydrogen-bond acceptors (Lipinski definition) is 5. The number of carbonyl (C=O) groups excluding carboxylic acids is 1. The minimum Gasteiger partial charge on any atom is -0.504 e. The van der Waals surface area contributed by atoms with Gasteiger partial charge in [0.2, 0.25) is 0 Å². The molecule has 1 aliphatic heterocycles. The number of phenols is 1. The summed E-state index contributed by atoms with van der Waals surface area (Å²) in [5.41, 5.74) is 1.51. The SMILES string of the molecule is COc1cc(/C=C2\SC(=S)N(c3ccccc3)C2=O)ccc1O. The maximum Gasteiger partial charge on any atom is 0.270 e. The van der Waals surface area contributed by atoms with Crippen molar-refractivity contribution in [2.45, 2.75) is 0 Å². The van der Waals surface area contributed by atoms with Crippen LogP contribution >= 0.6 is 24.0 Å². The molecule has 1 aliphatic rings. The van der Waals surface area contributed by atoms with E-state index >= 15 is 0 Å². The average molecular weight is 343 g/mol. The molecule has 4 nitrogen and oxygen atoms in total. The van der Waals surface area contributed by atoms with Crippen LogP contribution in [0.1, 0.15) is 5.56 Å². The van der Waals surface area contributed by atoms with E-state index in [0.29, 0.717) is 15.0 Å². The summed E-state index contributed by atoms with van der Waals surface area (Å²) in [4.78, 5) is 14.7. The van der Waals surface area contributed by atoms with Gasteiger partial charge in [-0.25, -0.2) is 0 Å². The zero-order valence-corrected chi connectivity index (χ0v) is 13.9. The number of para-hydroxylation sites is 1. The number of nitrogens with zero attached hydrogens (tertiary/aromatic N) is 1. The number of thioether (sulfide) groups is 1. The van der Waals surface area contributed by atoms with E-state index in [4.69, 9.17) is 17.0 Å². The van der Waals surface area contributed by atoms with E-state index in [9.17, 15) is 9.90 Å². The molecule has 0 unspecified atom stereocenters. The van der Waals surface area contributed by atoms with Gasteiger partial charge < -0.3 is 9.84 Å². The zero-order chi connectivity index (χ0) is 16.4. The Balaban J connectivity index is 1.93. The summed E-state index contributed by atoms with van der Waals surface area (Å²) < 4.78 is 5.58. The second kappa shape index (κ2) is 6.44. The van der Waals surface area contributed by atoms with E-state index < -0.39 is 0 Å². The topological polar surface area (TPSA) is 49.8 Å². The Morgan fingerprint density at radius 2 is 1.96 bits per heavy atom. The molecule has 6 heteroatoms. The van der Waals surface area contributed by atoms with Crippen molar-refractivity contribution in [3.63, 3.8) is 0 Å². The van der Waals surface area contributed by atoms with Crippen LogP contribution < -0.4 is 9.64 Å². The van der Waals surface area contributed by atoms with Crippen LogP contribution in [-0.2, 0) is 4.79 Å². The third-order valence-corrected chi connectivity index (χ3v) is 4.61. The summed E-state index contributed by atoms with van der Waals surface area (Å²) in [5.74, 6) is 0.261. The van der Waals surface area contributed by atoms with Crippen molar-refractivity contribution >= 4 is 46.0 Å². The number of methoxy groups -OCH3 is 1. The van der Waals surface area contributed by atoms with Crippen LogP contribution in [0.2, 0.25) is 0 Å². The lowest BCUT2D eigenvalue weighted by atomic mass is 10.2. The second-order valence-electron chi connectivity index (χ2n) is 4.78. The average Bonchev–Trinajstić information content (AvgIpc) is 2.84. The highest BCUT2D eigenvalue weighted by molar-refractivity contribution is 8.27. The predicted molar refractivity (Wildman–Crippen MR) is 96.8 cm³/mol. The van der Waals surface area contributed by atoms with Gasteiger partial charge in [0.1, 0.15) is 0 Å². The van der Waals surface area contributed by atoms with Crippen molar-refractivity contribution < 1.29 is 14.6 Å². The molecule has 0 spiro atoms. The van der Waals surface area contributed by atoms with Gasteiger partial charge in [-0.2, -0.15) is 0 Å². The molecule has 3 rings (SSSR count). The number of thiocarbonyl (C=S) groups is 1. The third kappa shape index (κ3) is 3.09. The van der Waals surface area contributed by atoms with Gasteiger partial charge in [-0.15, -0.1) is 0 Å². The van der Waals surface area contributed by atoms with Gasteiger partial charge in [0.05, 0.1) is 17.7 Å². The van der Waals surface area contributed by atoms with Crippen LogP contribution in [0, 0.1) is 0 Å². The van der Waals surface area contributed by atoms with Crippen LogP contribution in [0.4, 0.5) is 5.69 Å². The lowest BCUT2D eigenvalue weighted by molar-refractivity contribution is -0.113. The molecular formula is C17H13NO3S2. The van der Waals surface area contributed by atoms with Gasteiger partial charge in [0, 0.05) is 0 Å². The van der Waals surface area contributed by atoms with Gasteiger partial charge >= 0.3 is 0 Å². The standard InChI is InChI=1S/C17H13NO3S2/c1-21-14-9-11(7-8-13(14)19)10-15-16(20)18(17(22)23-15)12-5-3-2-4-6-12/h2-10,19H,1H3/b15-10-. The van der Waals surface area contributed by atoms with E-state index in [-0.39, 0.29) is 11.7 Å². The number of hydrogen-bond donors (Lipinski definition) is 1. The highest BCUT2D eigenvalue weighted by Crippen LogP contribution is 2.36. The quantitative estimate of drug-likeness (QED) is 0.678. The minimum atomic E-state index is -0.154. The molecule has 2 aromatic carbocycles. The van der Waals surface area contributed by atoms with Crippen LogP contribution in [0.3, 0.4) is 0 Å². The van der Waals surface area contributed by atoms with E-state index in [2.05, 4.69) is 0 Å². The molecule has 2 aromatic rings. The number of carbonyl (C=O) groups is 1. The van der Waals surface area contributed by atoms with Crippen LogP contribution in [0.15, 0.2) is 53.4 Å². The van der Waals surface area contributed by atoms with Crippen molar-refractivity contribution in [1.29, 1.82) is 0 Å². The van der Waals surface area contributed by atoms with Crippen molar-refractivity contribution in [2.75, 3.05) is 12.0 Å². The van der Waals surface area contributed by atoms with Crippen LogP contribution in [0.5, 0.6) is 11.5 Å². The minimum absolute atomic E-state index is 0.0569. The molecule has 0 aromatic heterocycles. The molecule has 1 saturated heterocycles. The summed E-state index contributed by atoms with van der Waals surface area (Å²) in [6.45, 7) is 0. The summed E-state index contributed by atoms with van der Waals surface area (Å²) in [6.07, 6.45) is 1.74. The van der Waals surface area contributed by atoms with Crippen LogP contribution in [0.25, 0.3) is 6.08 Å². The normalized spacial score (nSPS) is 16.2. The molecule has 0 radical (unpaired) electrons. The smallest absolute Gasteiger partial charge is 0.270 e. The number of aromatic hydroxyl groups is 1. The Bertz CT molecular complexity index is 803. The molecule has 0 bridgehead atoms. The monoisotopic (exact) mass is 343 g/mol. The predicted octanol–water partition coefficient (Wildman–Crippen LogP) is 3.81. The van der Waals surface area contributed by atoms with Crippen LogP contribution in [-0.4, -0.2) is 22.4 Å². The number of ether oxygens (including phenoxy) is 1. The van der Waals surface area contributed by atoms with E-state index in [1.54, 1.807) is 18.2 Å². The number of amides is 1.